The number of fused-ring (bicyclic) bond motifs is 1. The standard InChI is InChI=1S/C24H24F6N8O3/c1-41-22-14(21(40)35-16-8-37(7-15(16)25)18(39)4-24(28,29)30)2-12(5-32-22)17-3-13(6-36-9-23(26,27)10-36)19-20(31)33-11-34-38(17)19/h2-3,5,11,15-16H,4,6-10H2,1H3,(H,35,40)(H2,31,33,34)/t15-,16+/m0/s1/i1D3. The summed E-state index contributed by atoms with van der Waals surface area (Å²) in [4.78, 5) is 35.3. The van der Waals surface area contributed by atoms with Gasteiger partial charge in [0.25, 0.3) is 11.8 Å². The van der Waals surface area contributed by atoms with Gasteiger partial charge in [-0.05, 0) is 17.7 Å². The van der Waals surface area contributed by atoms with Crippen LogP contribution in [0.1, 0.15) is 26.5 Å². The van der Waals surface area contributed by atoms with Crippen LogP contribution in [0.5, 0.6) is 5.88 Å². The van der Waals surface area contributed by atoms with Gasteiger partial charge in [0.05, 0.1) is 42.5 Å². The molecular weight excluding hydrogens is 562 g/mol. The number of likely N-dealkylation sites (tertiary alicyclic amines) is 2. The van der Waals surface area contributed by atoms with Crippen molar-refractivity contribution in [3.63, 3.8) is 0 Å². The second-order valence-electron chi connectivity index (χ2n) is 9.83. The Balaban J connectivity index is 1.46. The predicted octanol–water partition coefficient (Wildman–Crippen LogP) is 2.06. The number of nitrogens with one attached hydrogen (secondary N) is 1. The summed E-state index contributed by atoms with van der Waals surface area (Å²) < 4.78 is 108. The average Bonchev–Trinajstić information content (AvgIpc) is 3.42. The molecule has 2 amide bonds. The van der Waals surface area contributed by atoms with E-state index in [2.05, 4.69) is 20.4 Å². The highest BCUT2D eigenvalue weighted by atomic mass is 19.4. The molecule has 5 heterocycles. The fourth-order valence-corrected chi connectivity index (χ4v) is 4.90. The summed E-state index contributed by atoms with van der Waals surface area (Å²) in [5, 5.41) is 6.44. The molecule has 2 aliphatic heterocycles. The minimum atomic E-state index is -4.81. The van der Waals surface area contributed by atoms with Gasteiger partial charge in [-0.15, -0.1) is 0 Å². The third-order valence-corrected chi connectivity index (χ3v) is 6.72. The zero-order valence-corrected chi connectivity index (χ0v) is 21.0. The molecule has 2 aliphatic rings. The number of nitrogens with zero attached hydrogens (tertiary/aromatic N) is 6. The maximum absolute atomic E-state index is 14.7. The number of rotatable bonds is 7. The number of carbonyl (C=O) groups is 2. The highest BCUT2D eigenvalue weighted by Crippen LogP contribution is 2.34. The molecule has 0 bridgehead atoms. The Morgan fingerprint density at radius 3 is 2.68 bits per heavy atom. The summed E-state index contributed by atoms with van der Waals surface area (Å²) >= 11 is 0. The van der Waals surface area contributed by atoms with E-state index in [1.807, 2.05) is 0 Å². The van der Waals surface area contributed by atoms with Crippen molar-refractivity contribution in [2.75, 3.05) is 39.0 Å². The molecule has 5 rings (SSSR count). The van der Waals surface area contributed by atoms with Crippen LogP contribution in [0.25, 0.3) is 16.8 Å². The van der Waals surface area contributed by atoms with Crippen molar-refractivity contribution in [3.8, 4) is 17.1 Å². The van der Waals surface area contributed by atoms with E-state index in [1.54, 1.807) is 6.07 Å². The van der Waals surface area contributed by atoms with Gasteiger partial charge in [0, 0.05) is 24.8 Å². The first-order valence-electron chi connectivity index (χ1n) is 13.6. The molecule has 2 atom stereocenters. The number of ether oxygens (including phenoxy) is 1. The zero-order valence-electron chi connectivity index (χ0n) is 24.0. The quantitative estimate of drug-likeness (QED) is 0.401. The summed E-state index contributed by atoms with van der Waals surface area (Å²) in [7, 11) is -3.06. The van der Waals surface area contributed by atoms with E-state index in [4.69, 9.17) is 14.6 Å². The Morgan fingerprint density at radius 2 is 2.00 bits per heavy atom. The normalized spacial score (nSPS) is 22.1. The Morgan fingerprint density at radius 1 is 1.24 bits per heavy atom. The predicted molar refractivity (Wildman–Crippen MR) is 131 cm³/mol. The van der Waals surface area contributed by atoms with Crippen molar-refractivity contribution in [3.05, 3.63) is 35.8 Å². The molecule has 0 unspecified atom stereocenters. The molecule has 3 aromatic heterocycles. The highest BCUT2D eigenvalue weighted by Gasteiger charge is 2.44. The van der Waals surface area contributed by atoms with Gasteiger partial charge in [-0.25, -0.2) is 27.7 Å². The topological polar surface area (TPSA) is 131 Å². The van der Waals surface area contributed by atoms with E-state index in [0.29, 0.717) is 16.0 Å². The Bertz CT molecular complexity index is 1590. The van der Waals surface area contributed by atoms with E-state index < -0.39 is 87.2 Å². The van der Waals surface area contributed by atoms with Crippen molar-refractivity contribution in [2.45, 2.75) is 37.3 Å². The number of hydrogen-bond acceptors (Lipinski definition) is 8. The third-order valence-electron chi connectivity index (χ3n) is 6.72. The molecule has 11 nitrogen and oxygen atoms in total. The van der Waals surface area contributed by atoms with Crippen molar-refractivity contribution < 1.29 is 44.8 Å². The first-order chi connectivity index (χ1) is 20.4. The Hall–Kier alpha value is -4.15. The SMILES string of the molecule is [2H]C([2H])([2H])Oc1ncc(-c2cc(CN3CC(F)(F)C3)c3c(N)ncnn23)cc1C(=O)N[C@@H]1CN(C(=O)CC(F)(F)F)C[C@@H]1F. The van der Waals surface area contributed by atoms with Gasteiger partial charge in [-0.1, -0.05) is 0 Å². The van der Waals surface area contributed by atoms with Gasteiger partial charge < -0.3 is 20.7 Å². The molecule has 41 heavy (non-hydrogen) atoms. The van der Waals surface area contributed by atoms with Crippen LogP contribution in [0.3, 0.4) is 0 Å². The second kappa shape index (κ2) is 10.4. The third kappa shape index (κ3) is 5.84. The van der Waals surface area contributed by atoms with E-state index in [9.17, 15) is 35.9 Å². The van der Waals surface area contributed by atoms with Crippen LogP contribution in [0.15, 0.2) is 24.7 Å². The minimum Gasteiger partial charge on any atom is -0.480 e. The second-order valence-corrected chi connectivity index (χ2v) is 9.83. The number of nitrogen functional groups attached to an aromatic ring is 1. The summed E-state index contributed by atoms with van der Waals surface area (Å²) in [6.45, 7) is -2.16. The molecule has 2 fully saturated rings. The first kappa shape index (κ1) is 24.6. The van der Waals surface area contributed by atoms with Crippen LogP contribution in [0.2, 0.25) is 0 Å². The molecule has 2 saturated heterocycles. The van der Waals surface area contributed by atoms with Gasteiger partial charge in [0.2, 0.25) is 11.8 Å². The van der Waals surface area contributed by atoms with Gasteiger partial charge in [0.1, 0.15) is 30.0 Å². The Labute approximate surface area is 232 Å². The maximum Gasteiger partial charge on any atom is 0.397 e. The van der Waals surface area contributed by atoms with Gasteiger partial charge in [-0.3, -0.25) is 14.5 Å². The molecule has 3 N–H and O–H groups in total. The number of aromatic nitrogens is 4. The van der Waals surface area contributed by atoms with E-state index in [0.717, 1.165) is 12.5 Å². The van der Waals surface area contributed by atoms with E-state index in [-0.39, 0.29) is 23.6 Å². The number of halogens is 6. The van der Waals surface area contributed by atoms with Gasteiger partial charge in [-0.2, -0.15) is 18.3 Å². The average molecular weight is 590 g/mol. The van der Waals surface area contributed by atoms with Crippen molar-refractivity contribution in [1.29, 1.82) is 0 Å². The Kier molecular flexibility index (Phi) is 6.22. The largest absolute Gasteiger partial charge is 0.480 e. The maximum atomic E-state index is 14.7. The summed E-state index contributed by atoms with van der Waals surface area (Å²) in [5.41, 5.74) is 6.75. The van der Waals surface area contributed by atoms with Crippen LogP contribution in [0, 0.1) is 0 Å². The lowest BCUT2D eigenvalue weighted by Gasteiger charge is -2.38. The lowest BCUT2D eigenvalue weighted by Crippen LogP contribution is -2.55. The fraction of sp³-hybridized carbons (Fsp3) is 0.458. The van der Waals surface area contributed by atoms with Crippen molar-refractivity contribution in [1.82, 2.24) is 34.7 Å². The number of methoxy groups -OCH3 is 1. The highest BCUT2D eigenvalue weighted by molar-refractivity contribution is 5.98. The fourth-order valence-electron chi connectivity index (χ4n) is 4.90. The zero-order chi connectivity index (χ0) is 32.2. The summed E-state index contributed by atoms with van der Waals surface area (Å²) in [6, 6.07) is 1.30. The lowest BCUT2D eigenvalue weighted by molar-refractivity contribution is -0.160. The molecular formula is C24H24F6N8O3. The number of pyridine rings is 1. The molecule has 0 saturated carbocycles. The van der Waals surface area contributed by atoms with E-state index in [1.165, 1.54) is 15.5 Å². The molecule has 0 spiro atoms. The summed E-state index contributed by atoms with van der Waals surface area (Å²) in [5.74, 6) is -5.92. The summed E-state index contributed by atoms with van der Waals surface area (Å²) in [6.07, 6.45) is -6.25. The number of alkyl halides is 6. The van der Waals surface area contributed by atoms with Crippen molar-refractivity contribution >= 4 is 23.1 Å². The van der Waals surface area contributed by atoms with Gasteiger partial charge >= 0.3 is 6.18 Å². The lowest BCUT2D eigenvalue weighted by atomic mass is 10.1. The van der Waals surface area contributed by atoms with Crippen LogP contribution >= 0.6 is 0 Å². The smallest absolute Gasteiger partial charge is 0.397 e. The van der Waals surface area contributed by atoms with Crippen LogP contribution in [-0.2, 0) is 11.3 Å². The minimum absolute atomic E-state index is 0.0293. The molecule has 0 aliphatic carbocycles. The molecule has 0 radical (unpaired) electrons. The molecule has 3 aromatic rings. The van der Waals surface area contributed by atoms with Gasteiger partial charge in [0.15, 0.2) is 5.82 Å². The molecule has 0 aromatic carbocycles. The monoisotopic (exact) mass is 589 g/mol. The van der Waals surface area contributed by atoms with Crippen LogP contribution in [-0.4, -0.2) is 98.7 Å². The van der Waals surface area contributed by atoms with Crippen LogP contribution < -0.4 is 15.8 Å². The van der Waals surface area contributed by atoms with Crippen molar-refractivity contribution in [2.24, 2.45) is 0 Å². The number of hydrogen-bond donors (Lipinski definition) is 2. The first-order valence-corrected chi connectivity index (χ1v) is 12.1. The number of anilines is 1. The van der Waals surface area contributed by atoms with E-state index >= 15 is 0 Å². The molecule has 220 valence electrons. The number of amides is 2. The number of carbonyl (C=O) groups excluding carboxylic acids is 2. The van der Waals surface area contributed by atoms with Crippen LogP contribution in [0.4, 0.5) is 32.2 Å². The molecule has 17 heteroatoms. The number of nitrogens with two attached hydrogens (primary N) is 1.